The molecule has 1 aliphatic carbocycles. The van der Waals surface area contributed by atoms with Gasteiger partial charge in [-0.2, -0.15) is 0 Å². The zero-order valence-corrected chi connectivity index (χ0v) is 9.73. The second-order valence-corrected chi connectivity index (χ2v) is 5.12. The first-order chi connectivity index (χ1) is 7.93. The molecule has 2 fully saturated rings. The summed E-state index contributed by atoms with van der Waals surface area (Å²) in [5.41, 5.74) is 3.62. The Hall–Kier alpha value is -0.960. The maximum Gasteiger partial charge on any atom is 0.0467 e. The Morgan fingerprint density at radius 3 is 2.69 bits per heavy atom. The Labute approximate surface area is 97.2 Å². The summed E-state index contributed by atoms with van der Waals surface area (Å²) in [5.74, 6) is 0.824. The van der Waals surface area contributed by atoms with Crippen molar-refractivity contribution in [2.24, 2.45) is 5.92 Å². The van der Waals surface area contributed by atoms with Crippen LogP contribution in [0.1, 0.15) is 32.1 Å². The molecule has 1 saturated carbocycles. The van der Waals surface area contributed by atoms with Crippen LogP contribution in [0.3, 0.4) is 0 Å². The average molecular weight is 219 g/mol. The van der Waals surface area contributed by atoms with Gasteiger partial charge < -0.3 is 10.7 Å². The third-order valence-corrected chi connectivity index (χ3v) is 4.10. The molecular formula is C13H21N3. The Balaban J connectivity index is 1.64. The summed E-state index contributed by atoms with van der Waals surface area (Å²) in [6.07, 6.45) is 11.0. The van der Waals surface area contributed by atoms with Gasteiger partial charge in [-0.1, -0.05) is 6.42 Å². The van der Waals surface area contributed by atoms with Gasteiger partial charge in [0.15, 0.2) is 0 Å². The summed E-state index contributed by atoms with van der Waals surface area (Å²) >= 11 is 0. The van der Waals surface area contributed by atoms with Crippen LogP contribution in [0.15, 0.2) is 24.5 Å². The average Bonchev–Trinajstić information content (AvgIpc) is 2.98. The van der Waals surface area contributed by atoms with Crippen LogP contribution in [0.4, 0.5) is 0 Å². The van der Waals surface area contributed by atoms with Crippen LogP contribution in [0.2, 0.25) is 0 Å². The first-order valence-electron chi connectivity index (χ1n) is 6.56. The first kappa shape index (κ1) is 10.2. The van der Waals surface area contributed by atoms with Crippen LogP contribution in [0.25, 0.3) is 0 Å². The van der Waals surface area contributed by atoms with Gasteiger partial charge in [-0.25, -0.2) is 0 Å². The van der Waals surface area contributed by atoms with E-state index in [4.69, 9.17) is 0 Å². The van der Waals surface area contributed by atoms with E-state index in [1.165, 1.54) is 38.6 Å². The maximum atomic E-state index is 3.66. The van der Waals surface area contributed by atoms with Gasteiger partial charge in [0, 0.05) is 24.5 Å². The van der Waals surface area contributed by atoms with Gasteiger partial charge in [-0.15, -0.1) is 0 Å². The molecule has 3 heteroatoms. The highest BCUT2D eigenvalue weighted by Crippen LogP contribution is 2.32. The fourth-order valence-electron chi connectivity index (χ4n) is 3.32. The second kappa shape index (κ2) is 4.50. The summed E-state index contributed by atoms with van der Waals surface area (Å²) in [7, 11) is 0. The van der Waals surface area contributed by atoms with Crippen LogP contribution in [0, 0.1) is 5.92 Å². The highest BCUT2D eigenvalue weighted by molar-refractivity contribution is 5.01. The summed E-state index contributed by atoms with van der Waals surface area (Å²) < 4.78 is 2.11. The maximum absolute atomic E-state index is 3.66. The molecule has 0 spiro atoms. The normalized spacial score (nSPS) is 34.4. The summed E-state index contributed by atoms with van der Waals surface area (Å²) in [4.78, 5) is 0. The van der Waals surface area contributed by atoms with Gasteiger partial charge >= 0.3 is 0 Å². The van der Waals surface area contributed by atoms with Gasteiger partial charge in [0.25, 0.3) is 0 Å². The number of hydrogen-bond donors (Lipinski definition) is 2. The van der Waals surface area contributed by atoms with Crippen molar-refractivity contribution in [3.63, 3.8) is 0 Å². The van der Waals surface area contributed by atoms with Crippen molar-refractivity contribution in [3.05, 3.63) is 24.5 Å². The van der Waals surface area contributed by atoms with Crippen LogP contribution >= 0.6 is 0 Å². The highest BCUT2D eigenvalue weighted by atomic mass is 15.4. The van der Waals surface area contributed by atoms with Crippen molar-refractivity contribution >= 4 is 0 Å². The SMILES string of the molecule is c1ccn(NC2CCCC2C2CCCN2)c1. The van der Waals surface area contributed by atoms with Crippen LogP contribution < -0.4 is 10.7 Å². The predicted octanol–water partition coefficient (Wildman–Crippen LogP) is 1.95. The van der Waals surface area contributed by atoms with Crippen molar-refractivity contribution < 1.29 is 0 Å². The lowest BCUT2D eigenvalue weighted by Crippen LogP contribution is -2.40. The van der Waals surface area contributed by atoms with E-state index >= 15 is 0 Å². The molecule has 3 unspecified atom stereocenters. The summed E-state index contributed by atoms with van der Waals surface area (Å²) in [5, 5.41) is 3.66. The largest absolute Gasteiger partial charge is 0.323 e. The van der Waals surface area contributed by atoms with E-state index in [9.17, 15) is 0 Å². The van der Waals surface area contributed by atoms with Gasteiger partial charge in [0.2, 0.25) is 0 Å². The molecule has 3 atom stereocenters. The van der Waals surface area contributed by atoms with Gasteiger partial charge in [0.05, 0.1) is 0 Å². The minimum atomic E-state index is 0.656. The van der Waals surface area contributed by atoms with E-state index < -0.39 is 0 Å². The van der Waals surface area contributed by atoms with Crippen molar-refractivity contribution in [2.75, 3.05) is 12.0 Å². The van der Waals surface area contributed by atoms with Crippen LogP contribution in [-0.4, -0.2) is 23.3 Å². The summed E-state index contributed by atoms with van der Waals surface area (Å²) in [6.45, 7) is 1.22. The first-order valence-corrected chi connectivity index (χ1v) is 6.56. The lowest BCUT2D eigenvalue weighted by molar-refractivity contribution is 0.363. The third kappa shape index (κ3) is 1.96. The standard InChI is InChI=1S/C13H21N3/c1-2-10-16(9-1)15-13-6-3-5-11(13)12-7-4-8-14-12/h1-2,9-15H,3-8H2. The summed E-state index contributed by atoms with van der Waals surface area (Å²) in [6, 6.07) is 5.56. The molecule has 16 heavy (non-hydrogen) atoms. The number of rotatable bonds is 3. The van der Waals surface area contributed by atoms with E-state index in [1.807, 2.05) is 0 Å². The molecule has 3 nitrogen and oxygen atoms in total. The van der Waals surface area contributed by atoms with E-state index in [0.717, 1.165) is 12.0 Å². The fourth-order valence-corrected chi connectivity index (χ4v) is 3.32. The Bertz CT molecular complexity index is 314. The van der Waals surface area contributed by atoms with E-state index in [1.54, 1.807) is 0 Å². The van der Waals surface area contributed by atoms with Gasteiger partial charge in [-0.05, 0) is 50.3 Å². The van der Waals surface area contributed by atoms with Gasteiger partial charge in [-0.3, -0.25) is 4.68 Å². The monoisotopic (exact) mass is 219 g/mol. The predicted molar refractivity (Wildman–Crippen MR) is 65.9 cm³/mol. The Morgan fingerprint density at radius 1 is 1.06 bits per heavy atom. The number of aromatic nitrogens is 1. The number of hydrogen-bond acceptors (Lipinski definition) is 2. The third-order valence-electron chi connectivity index (χ3n) is 4.10. The molecule has 0 amide bonds. The molecule has 1 aliphatic heterocycles. The quantitative estimate of drug-likeness (QED) is 0.813. The highest BCUT2D eigenvalue weighted by Gasteiger charge is 2.34. The molecule has 0 radical (unpaired) electrons. The Kier molecular flexibility index (Phi) is 2.87. The molecule has 1 aromatic rings. The van der Waals surface area contributed by atoms with E-state index in [0.29, 0.717) is 6.04 Å². The van der Waals surface area contributed by atoms with Crippen molar-refractivity contribution in [2.45, 2.75) is 44.2 Å². The topological polar surface area (TPSA) is 29.0 Å². The lowest BCUT2D eigenvalue weighted by atomic mass is 9.93. The molecule has 2 heterocycles. The fraction of sp³-hybridized carbons (Fsp3) is 0.692. The smallest absolute Gasteiger partial charge is 0.0467 e. The second-order valence-electron chi connectivity index (χ2n) is 5.12. The minimum Gasteiger partial charge on any atom is -0.323 e. The minimum absolute atomic E-state index is 0.656. The molecule has 1 saturated heterocycles. The zero-order chi connectivity index (χ0) is 10.8. The van der Waals surface area contributed by atoms with Crippen molar-refractivity contribution in [1.29, 1.82) is 0 Å². The zero-order valence-electron chi connectivity index (χ0n) is 9.73. The molecule has 0 aromatic carbocycles. The molecule has 0 bridgehead atoms. The molecule has 2 N–H and O–H groups in total. The molecular weight excluding hydrogens is 198 g/mol. The van der Waals surface area contributed by atoms with Crippen molar-refractivity contribution in [3.8, 4) is 0 Å². The van der Waals surface area contributed by atoms with E-state index in [2.05, 4.69) is 39.9 Å². The molecule has 88 valence electrons. The van der Waals surface area contributed by atoms with E-state index in [-0.39, 0.29) is 0 Å². The van der Waals surface area contributed by atoms with Crippen molar-refractivity contribution in [1.82, 2.24) is 9.99 Å². The lowest BCUT2D eigenvalue weighted by Gasteiger charge is -2.27. The molecule has 3 rings (SSSR count). The number of nitrogens with one attached hydrogen (secondary N) is 2. The Morgan fingerprint density at radius 2 is 1.94 bits per heavy atom. The van der Waals surface area contributed by atoms with Gasteiger partial charge in [0.1, 0.15) is 0 Å². The molecule has 1 aromatic heterocycles. The van der Waals surface area contributed by atoms with Crippen LogP contribution in [-0.2, 0) is 0 Å². The molecule has 2 aliphatic rings. The van der Waals surface area contributed by atoms with Crippen LogP contribution in [0.5, 0.6) is 0 Å². The number of nitrogens with zero attached hydrogens (tertiary/aromatic N) is 1.